The van der Waals surface area contributed by atoms with E-state index in [1.54, 1.807) is 19.4 Å². The Balaban J connectivity index is 1.87. The predicted octanol–water partition coefficient (Wildman–Crippen LogP) is 5.30. The molecule has 3 rings (SSSR count). The molecule has 178 valence electrons. The summed E-state index contributed by atoms with van der Waals surface area (Å²) < 4.78 is 19.3. The fraction of sp³-hybridized carbons (Fsp3) is 0.167. The van der Waals surface area contributed by atoms with Gasteiger partial charge in [0.25, 0.3) is 0 Å². The molecule has 0 fully saturated rings. The number of ether oxygens (including phenoxy) is 1. The van der Waals surface area contributed by atoms with Crippen molar-refractivity contribution in [3.05, 3.63) is 82.3 Å². The number of anilines is 1. The van der Waals surface area contributed by atoms with Crippen LogP contribution in [0.3, 0.4) is 0 Å². The Morgan fingerprint density at radius 3 is 2.82 bits per heavy atom. The normalized spacial score (nSPS) is 12.1. The van der Waals surface area contributed by atoms with Crippen molar-refractivity contribution in [1.29, 1.82) is 0 Å². The van der Waals surface area contributed by atoms with Gasteiger partial charge in [-0.25, -0.2) is 9.18 Å². The van der Waals surface area contributed by atoms with Crippen LogP contribution in [0.5, 0.6) is 0 Å². The number of carboxylic acid groups (broad SMARTS) is 1. The third kappa shape index (κ3) is 6.57. The van der Waals surface area contributed by atoms with Crippen molar-refractivity contribution in [1.82, 2.24) is 5.32 Å². The smallest absolute Gasteiger partial charge is 0.345 e. The van der Waals surface area contributed by atoms with Crippen LogP contribution >= 0.6 is 22.9 Å². The average Bonchev–Trinajstić information content (AvgIpc) is 3.23. The number of aromatic carboxylic acids is 1. The fourth-order valence-corrected chi connectivity index (χ4v) is 4.12. The number of methoxy groups -OCH3 is 1. The van der Waals surface area contributed by atoms with Crippen LogP contribution in [0.4, 0.5) is 10.1 Å². The monoisotopic (exact) mass is 502 g/mol. The first-order valence-corrected chi connectivity index (χ1v) is 11.4. The van der Waals surface area contributed by atoms with Crippen molar-refractivity contribution < 1.29 is 19.0 Å². The van der Waals surface area contributed by atoms with E-state index in [0.717, 1.165) is 15.6 Å². The summed E-state index contributed by atoms with van der Waals surface area (Å²) >= 11 is 7.04. The molecule has 34 heavy (non-hydrogen) atoms. The van der Waals surface area contributed by atoms with Crippen molar-refractivity contribution in [2.75, 3.05) is 25.6 Å². The van der Waals surface area contributed by atoms with Crippen LogP contribution in [-0.2, 0) is 4.74 Å². The van der Waals surface area contributed by atoms with Crippen LogP contribution in [0.15, 0.2) is 66.1 Å². The van der Waals surface area contributed by atoms with Crippen LogP contribution < -0.4 is 16.4 Å². The number of carbonyl (C=O) groups is 1. The van der Waals surface area contributed by atoms with E-state index in [9.17, 15) is 14.3 Å². The molecule has 0 bridgehead atoms. The summed E-state index contributed by atoms with van der Waals surface area (Å²) in [4.78, 5) is 16.0. The molecule has 1 heterocycles. The van der Waals surface area contributed by atoms with Crippen LogP contribution in [0, 0.1) is 5.82 Å². The minimum Gasteiger partial charge on any atom is -0.477 e. The Kier molecular flexibility index (Phi) is 8.64. The number of hydrogen-bond donors (Lipinski definition) is 4. The summed E-state index contributed by atoms with van der Waals surface area (Å²) in [6.45, 7) is 4.97. The van der Waals surface area contributed by atoms with Crippen molar-refractivity contribution in [2.24, 2.45) is 10.7 Å². The first-order valence-electron chi connectivity index (χ1n) is 10.2. The highest BCUT2D eigenvalue weighted by Crippen LogP contribution is 2.29. The Morgan fingerprint density at radius 2 is 2.12 bits per heavy atom. The summed E-state index contributed by atoms with van der Waals surface area (Å²) in [5.41, 5.74) is 8.21. The number of halogens is 2. The van der Waals surface area contributed by atoms with E-state index in [2.05, 4.69) is 22.2 Å². The average molecular weight is 503 g/mol. The number of nitrogens with two attached hydrogens (primary N) is 1. The number of carboxylic acids is 1. The molecular formula is C24H24ClFN4O3S. The molecule has 10 heteroatoms. The van der Waals surface area contributed by atoms with Gasteiger partial charge in [0.15, 0.2) is 0 Å². The molecule has 0 aliphatic carbocycles. The lowest BCUT2D eigenvalue weighted by molar-refractivity contribution is 0.0702. The molecule has 5 N–H and O–H groups in total. The molecule has 0 unspecified atom stereocenters. The number of aliphatic imine (C=N–C) groups is 1. The van der Waals surface area contributed by atoms with Crippen molar-refractivity contribution >= 4 is 56.1 Å². The van der Waals surface area contributed by atoms with Gasteiger partial charge in [-0.3, -0.25) is 4.99 Å². The Labute approximate surface area is 205 Å². The van der Waals surface area contributed by atoms with Gasteiger partial charge in [-0.05, 0) is 53.8 Å². The lowest BCUT2D eigenvalue weighted by Crippen LogP contribution is -2.19. The summed E-state index contributed by atoms with van der Waals surface area (Å²) in [7, 11) is 1.62. The van der Waals surface area contributed by atoms with E-state index in [4.69, 9.17) is 22.1 Å². The highest BCUT2D eigenvalue weighted by atomic mass is 35.5. The number of rotatable bonds is 11. The fourth-order valence-electron chi connectivity index (χ4n) is 3.06. The molecule has 0 atom stereocenters. The minimum absolute atomic E-state index is 0.00809. The second kappa shape index (κ2) is 11.6. The second-order valence-electron chi connectivity index (χ2n) is 7.22. The number of hydrogen-bond acceptors (Lipinski definition) is 6. The molecule has 0 radical (unpaired) electrons. The molecule has 0 amide bonds. The number of thiophene rings is 1. The maximum atomic E-state index is 13.4. The van der Waals surface area contributed by atoms with E-state index in [1.165, 1.54) is 29.5 Å². The molecule has 0 saturated carbocycles. The number of fused-ring (bicyclic) bond motifs is 1. The molecule has 7 nitrogen and oxygen atoms in total. The third-order valence-electron chi connectivity index (χ3n) is 4.71. The lowest BCUT2D eigenvalue weighted by Gasteiger charge is -2.13. The third-order valence-corrected chi connectivity index (χ3v) is 6.10. The van der Waals surface area contributed by atoms with Gasteiger partial charge in [-0.1, -0.05) is 24.2 Å². The van der Waals surface area contributed by atoms with E-state index >= 15 is 0 Å². The Hall–Kier alpha value is -3.40. The van der Waals surface area contributed by atoms with Crippen molar-refractivity contribution in [2.45, 2.75) is 6.42 Å². The first kappa shape index (κ1) is 25.2. The zero-order chi connectivity index (χ0) is 24.7. The molecule has 2 aromatic carbocycles. The van der Waals surface area contributed by atoms with Gasteiger partial charge >= 0.3 is 5.97 Å². The number of nitrogens with one attached hydrogen (secondary N) is 2. The molecule has 0 spiro atoms. The lowest BCUT2D eigenvalue weighted by atomic mass is 10.0. The Bertz CT molecular complexity index is 1270. The van der Waals surface area contributed by atoms with E-state index in [-0.39, 0.29) is 9.90 Å². The first-order chi connectivity index (χ1) is 16.3. The Morgan fingerprint density at radius 1 is 1.32 bits per heavy atom. The van der Waals surface area contributed by atoms with Gasteiger partial charge in [-0.2, -0.15) is 0 Å². The van der Waals surface area contributed by atoms with Gasteiger partial charge in [0.1, 0.15) is 16.5 Å². The van der Waals surface area contributed by atoms with Gasteiger partial charge in [-0.15, -0.1) is 11.3 Å². The number of benzene rings is 2. The van der Waals surface area contributed by atoms with Crippen molar-refractivity contribution in [3.63, 3.8) is 0 Å². The highest BCUT2D eigenvalue weighted by molar-refractivity contribution is 7.20. The van der Waals surface area contributed by atoms with E-state index in [1.807, 2.05) is 18.2 Å². The summed E-state index contributed by atoms with van der Waals surface area (Å²) in [6, 6.07) is 11.4. The van der Waals surface area contributed by atoms with Gasteiger partial charge < -0.3 is 26.2 Å². The van der Waals surface area contributed by atoms with Gasteiger partial charge in [0.05, 0.1) is 10.8 Å². The topological polar surface area (TPSA) is 109 Å². The van der Waals surface area contributed by atoms with Gasteiger partial charge in [0, 0.05) is 42.4 Å². The molecule has 0 aliphatic heterocycles. The number of nitrogens with zero attached hydrogens (tertiary/aromatic N) is 1. The molecule has 0 saturated heterocycles. The minimum atomic E-state index is -0.970. The van der Waals surface area contributed by atoms with Crippen molar-refractivity contribution in [3.8, 4) is 0 Å². The standard InChI is InChI=1S/C24H24ClFN4O3S/c1-14(30-17-5-6-20(26)19(25)12-17)29-13-18(23(27)28-8-3-9-33-2)15-4-7-21-16(10-15)11-22(34-21)24(31)32/h4-7,10-13,29-30H,1,3,8-9H2,2H3,(H2,27,28)(H,31,32). The quantitative estimate of drug-likeness (QED) is 0.161. The predicted molar refractivity (Wildman–Crippen MR) is 137 cm³/mol. The summed E-state index contributed by atoms with van der Waals surface area (Å²) in [6.07, 6.45) is 2.37. The van der Waals surface area contributed by atoms with Crippen LogP contribution in [0.25, 0.3) is 15.7 Å². The summed E-state index contributed by atoms with van der Waals surface area (Å²) in [5, 5.41) is 16.1. The summed E-state index contributed by atoms with van der Waals surface area (Å²) in [5.74, 6) is -0.783. The van der Waals surface area contributed by atoms with Gasteiger partial charge in [0.2, 0.25) is 0 Å². The SMILES string of the molecule is C=C(NC=C(C(N)=NCCCOC)c1ccc2sc(C(=O)O)cc2c1)Nc1ccc(F)c(Cl)c1. The molecule has 1 aromatic heterocycles. The van der Waals surface area contributed by atoms with E-state index < -0.39 is 11.8 Å². The second-order valence-corrected chi connectivity index (χ2v) is 8.71. The van der Waals surface area contributed by atoms with E-state index in [0.29, 0.717) is 42.5 Å². The van der Waals surface area contributed by atoms with Crippen LogP contribution in [-0.4, -0.2) is 37.2 Å². The zero-order valence-electron chi connectivity index (χ0n) is 18.4. The molecular weight excluding hydrogens is 479 g/mol. The largest absolute Gasteiger partial charge is 0.477 e. The molecule has 3 aromatic rings. The molecule has 0 aliphatic rings. The maximum absolute atomic E-state index is 13.4. The van der Waals surface area contributed by atoms with Crippen LogP contribution in [0.2, 0.25) is 5.02 Å². The number of amidine groups is 1. The highest BCUT2D eigenvalue weighted by Gasteiger charge is 2.12. The maximum Gasteiger partial charge on any atom is 0.345 e. The zero-order valence-corrected chi connectivity index (χ0v) is 20.0. The van der Waals surface area contributed by atoms with Crippen LogP contribution in [0.1, 0.15) is 21.7 Å².